The van der Waals surface area contributed by atoms with Crippen LogP contribution in [0, 0.1) is 5.92 Å². The molecule has 0 atom stereocenters. The molecule has 0 heterocycles. The third-order valence-corrected chi connectivity index (χ3v) is 5.70. The van der Waals surface area contributed by atoms with Crippen LogP contribution in [0.4, 0.5) is 22.0 Å². The van der Waals surface area contributed by atoms with Crippen molar-refractivity contribution in [3.8, 4) is 5.75 Å². The lowest BCUT2D eigenvalue weighted by molar-refractivity contribution is -0.274. The average Bonchev–Trinajstić information content (AvgIpc) is 2.74. The van der Waals surface area contributed by atoms with E-state index in [0.717, 1.165) is 49.9 Å². The molecule has 0 bridgehead atoms. The van der Waals surface area contributed by atoms with Crippen LogP contribution in [-0.4, -0.2) is 12.5 Å². The van der Waals surface area contributed by atoms with Gasteiger partial charge in [0.25, 0.3) is 0 Å². The van der Waals surface area contributed by atoms with Crippen molar-refractivity contribution in [1.29, 1.82) is 0 Å². The summed E-state index contributed by atoms with van der Waals surface area (Å²) in [7, 11) is 0. The first-order valence-electron chi connectivity index (χ1n) is 10.7. The zero-order chi connectivity index (χ0) is 23.2. The van der Waals surface area contributed by atoms with E-state index in [2.05, 4.69) is 16.9 Å². The van der Waals surface area contributed by atoms with E-state index in [1.807, 2.05) is 31.2 Å². The van der Waals surface area contributed by atoms with Gasteiger partial charge in [0.2, 0.25) is 0 Å². The Bertz CT molecular complexity index is 865. The number of benzene rings is 2. The van der Waals surface area contributed by atoms with Crippen molar-refractivity contribution in [2.75, 3.05) is 0 Å². The molecule has 1 aliphatic rings. The van der Waals surface area contributed by atoms with Gasteiger partial charge in [0, 0.05) is 0 Å². The number of hydrogen-bond donors (Lipinski definition) is 0. The number of rotatable bonds is 8. The SMILES string of the molecule is CC=CC1CCC(c2ccc(COC(F)(F)Cc3ccc(OC(F)(F)F)cc3)cc2)CC1. The third kappa shape index (κ3) is 7.62. The van der Waals surface area contributed by atoms with Crippen molar-refractivity contribution in [1.82, 2.24) is 0 Å². The van der Waals surface area contributed by atoms with E-state index in [1.165, 1.54) is 5.56 Å². The molecule has 1 aliphatic carbocycles. The molecule has 3 rings (SSSR count). The Morgan fingerprint density at radius 3 is 2.00 bits per heavy atom. The molecule has 0 saturated heterocycles. The highest BCUT2D eigenvalue weighted by Crippen LogP contribution is 2.36. The highest BCUT2D eigenvalue weighted by atomic mass is 19.4. The molecule has 1 saturated carbocycles. The molecule has 0 aliphatic heterocycles. The second-order valence-electron chi connectivity index (χ2n) is 8.17. The molecule has 2 nitrogen and oxygen atoms in total. The quantitative estimate of drug-likeness (QED) is 0.299. The van der Waals surface area contributed by atoms with Crippen LogP contribution < -0.4 is 4.74 Å². The number of ether oxygens (including phenoxy) is 2. The van der Waals surface area contributed by atoms with Gasteiger partial charge >= 0.3 is 12.5 Å². The van der Waals surface area contributed by atoms with Crippen molar-refractivity contribution in [3.05, 3.63) is 77.4 Å². The van der Waals surface area contributed by atoms with Gasteiger partial charge in [-0.05, 0) is 73.3 Å². The maximum atomic E-state index is 14.2. The van der Waals surface area contributed by atoms with E-state index in [0.29, 0.717) is 17.4 Å². The van der Waals surface area contributed by atoms with E-state index in [4.69, 9.17) is 4.74 Å². The first-order valence-corrected chi connectivity index (χ1v) is 10.7. The maximum Gasteiger partial charge on any atom is 0.573 e. The van der Waals surface area contributed by atoms with Gasteiger partial charge in [0.1, 0.15) is 5.75 Å². The van der Waals surface area contributed by atoms with Crippen LogP contribution in [0.5, 0.6) is 5.75 Å². The predicted molar refractivity (Wildman–Crippen MR) is 113 cm³/mol. The lowest BCUT2D eigenvalue weighted by Crippen LogP contribution is -2.24. The highest BCUT2D eigenvalue weighted by molar-refractivity contribution is 5.28. The van der Waals surface area contributed by atoms with E-state index < -0.39 is 24.6 Å². The van der Waals surface area contributed by atoms with Crippen molar-refractivity contribution in [2.45, 2.75) is 64.0 Å². The standard InChI is InChI=1S/C25H27F5O2/c1-2-3-18-4-10-21(11-5-18)22-12-6-20(7-13-22)17-31-24(26,27)16-19-8-14-23(15-9-19)32-25(28,29)30/h2-3,6-9,12-15,18,21H,4-5,10-11,16-17H2,1H3. The minimum Gasteiger partial charge on any atom is -0.406 e. The first-order chi connectivity index (χ1) is 15.1. The summed E-state index contributed by atoms with van der Waals surface area (Å²) in [5, 5.41) is 0. The van der Waals surface area contributed by atoms with Gasteiger partial charge in [0.05, 0.1) is 13.0 Å². The van der Waals surface area contributed by atoms with Crippen molar-refractivity contribution < 1.29 is 31.4 Å². The molecule has 0 N–H and O–H groups in total. The molecular formula is C25H27F5O2. The van der Waals surface area contributed by atoms with Crippen LogP contribution in [-0.2, 0) is 17.8 Å². The van der Waals surface area contributed by atoms with Gasteiger partial charge in [-0.3, -0.25) is 0 Å². The molecule has 7 heteroatoms. The first kappa shape index (κ1) is 24.2. The van der Waals surface area contributed by atoms with Gasteiger partial charge in [-0.15, -0.1) is 13.2 Å². The lowest BCUT2D eigenvalue weighted by Gasteiger charge is -2.27. The second-order valence-corrected chi connectivity index (χ2v) is 8.17. The number of alkyl halides is 5. The fourth-order valence-electron chi connectivity index (χ4n) is 4.09. The smallest absolute Gasteiger partial charge is 0.406 e. The molecule has 2 aromatic rings. The largest absolute Gasteiger partial charge is 0.573 e. The van der Waals surface area contributed by atoms with Gasteiger partial charge in [0.15, 0.2) is 0 Å². The van der Waals surface area contributed by atoms with E-state index in [9.17, 15) is 22.0 Å². The summed E-state index contributed by atoms with van der Waals surface area (Å²) in [6.07, 6.45) is -0.0796. The van der Waals surface area contributed by atoms with E-state index >= 15 is 0 Å². The predicted octanol–water partition coefficient (Wildman–Crippen LogP) is 7.79. The molecule has 0 amide bonds. The summed E-state index contributed by atoms with van der Waals surface area (Å²) >= 11 is 0. The summed E-state index contributed by atoms with van der Waals surface area (Å²) in [6.45, 7) is 1.79. The molecule has 0 radical (unpaired) electrons. The Morgan fingerprint density at radius 2 is 1.44 bits per heavy atom. The summed E-state index contributed by atoms with van der Waals surface area (Å²) in [5.74, 6) is 0.692. The van der Waals surface area contributed by atoms with Crippen LogP contribution in [0.3, 0.4) is 0 Å². The average molecular weight is 454 g/mol. The van der Waals surface area contributed by atoms with Crippen molar-refractivity contribution >= 4 is 0 Å². The summed E-state index contributed by atoms with van der Waals surface area (Å²) in [6, 6.07) is 11.9. The molecule has 1 fully saturated rings. The lowest BCUT2D eigenvalue weighted by atomic mass is 9.78. The third-order valence-electron chi connectivity index (χ3n) is 5.70. The molecule has 32 heavy (non-hydrogen) atoms. The Kier molecular flexibility index (Phi) is 7.93. The number of hydrogen-bond acceptors (Lipinski definition) is 2. The Hall–Kier alpha value is -2.41. The van der Waals surface area contributed by atoms with Crippen LogP contribution in [0.15, 0.2) is 60.7 Å². The second kappa shape index (κ2) is 10.5. The van der Waals surface area contributed by atoms with Crippen LogP contribution in [0.1, 0.15) is 55.2 Å². The van der Waals surface area contributed by atoms with Gasteiger partial charge < -0.3 is 9.47 Å². The molecule has 0 aromatic heterocycles. The minimum absolute atomic E-state index is 0.147. The highest BCUT2D eigenvalue weighted by Gasteiger charge is 2.32. The van der Waals surface area contributed by atoms with Crippen molar-refractivity contribution in [3.63, 3.8) is 0 Å². The van der Waals surface area contributed by atoms with Crippen molar-refractivity contribution in [2.24, 2.45) is 5.92 Å². The van der Waals surface area contributed by atoms with Gasteiger partial charge in [-0.1, -0.05) is 48.6 Å². The molecule has 0 unspecified atom stereocenters. The van der Waals surface area contributed by atoms with E-state index in [1.54, 1.807) is 0 Å². The van der Waals surface area contributed by atoms with Gasteiger partial charge in [-0.25, -0.2) is 0 Å². The molecular weight excluding hydrogens is 427 g/mol. The summed E-state index contributed by atoms with van der Waals surface area (Å²) in [5.41, 5.74) is 2.01. The number of allylic oxidation sites excluding steroid dienone is 2. The Morgan fingerprint density at radius 1 is 0.844 bits per heavy atom. The topological polar surface area (TPSA) is 18.5 Å². The van der Waals surface area contributed by atoms with Crippen LogP contribution in [0.25, 0.3) is 0 Å². The molecule has 0 spiro atoms. The maximum absolute atomic E-state index is 14.2. The fraction of sp³-hybridized carbons (Fsp3) is 0.440. The Balaban J connectivity index is 1.49. The molecule has 2 aromatic carbocycles. The zero-order valence-electron chi connectivity index (χ0n) is 17.9. The zero-order valence-corrected chi connectivity index (χ0v) is 17.9. The molecule has 174 valence electrons. The van der Waals surface area contributed by atoms with E-state index in [-0.39, 0.29) is 12.2 Å². The van der Waals surface area contributed by atoms with Gasteiger partial charge in [-0.2, -0.15) is 8.78 Å². The summed E-state index contributed by atoms with van der Waals surface area (Å²) in [4.78, 5) is 0. The number of halogens is 5. The van der Waals surface area contributed by atoms with Crippen LogP contribution >= 0.6 is 0 Å². The fourth-order valence-corrected chi connectivity index (χ4v) is 4.09. The summed E-state index contributed by atoms with van der Waals surface area (Å²) < 4.78 is 73.5. The minimum atomic E-state index is -4.82. The normalized spacial score (nSPS) is 19.9. The monoisotopic (exact) mass is 454 g/mol. The Labute approximate surface area is 185 Å². The van der Waals surface area contributed by atoms with Crippen LogP contribution in [0.2, 0.25) is 0 Å².